The standard InChI is InChI=1S/C10H22N2O/c1-6-9(3)10(13)11-8-12(4,5)7-2/h9H,6-8H2,1-5H3/p+1. The molecule has 0 aromatic heterocycles. The van der Waals surface area contributed by atoms with Crippen molar-refractivity contribution in [2.75, 3.05) is 27.3 Å². The van der Waals surface area contributed by atoms with Gasteiger partial charge in [0, 0.05) is 5.92 Å². The minimum absolute atomic E-state index is 0.136. The van der Waals surface area contributed by atoms with Crippen molar-refractivity contribution >= 4 is 5.91 Å². The van der Waals surface area contributed by atoms with Gasteiger partial charge in [0.05, 0.1) is 20.6 Å². The summed E-state index contributed by atoms with van der Waals surface area (Å²) in [7, 11) is 4.22. The van der Waals surface area contributed by atoms with E-state index in [1.54, 1.807) is 0 Å². The van der Waals surface area contributed by atoms with E-state index in [-0.39, 0.29) is 11.8 Å². The van der Waals surface area contributed by atoms with Gasteiger partial charge in [0.1, 0.15) is 0 Å². The Labute approximate surface area is 81.7 Å². The molecule has 3 nitrogen and oxygen atoms in total. The van der Waals surface area contributed by atoms with Gasteiger partial charge in [0.15, 0.2) is 6.67 Å². The molecule has 0 aliphatic carbocycles. The fourth-order valence-corrected chi connectivity index (χ4v) is 0.763. The highest BCUT2D eigenvalue weighted by Gasteiger charge is 2.15. The molecule has 1 unspecified atom stereocenters. The first-order chi connectivity index (χ1) is 5.93. The first-order valence-electron chi connectivity index (χ1n) is 5.02. The zero-order chi connectivity index (χ0) is 10.5. The minimum Gasteiger partial charge on any atom is -0.312 e. The number of carbonyl (C=O) groups is 1. The van der Waals surface area contributed by atoms with Gasteiger partial charge in [-0.05, 0) is 13.3 Å². The van der Waals surface area contributed by atoms with Crippen molar-refractivity contribution in [1.82, 2.24) is 5.32 Å². The molecule has 0 fully saturated rings. The van der Waals surface area contributed by atoms with Crippen LogP contribution in [0.1, 0.15) is 27.2 Å². The predicted molar refractivity (Wildman–Crippen MR) is 55.1 cm³/mol. The zero-order valence-electron chi connectivity index (χ0n) is 9.55. The molecule has 78 valence electrons. The molecular weight excluding hydrogens is 164 g/mol. The lowest BCUT2D eigenvalue weighted by Crippen LogP contribution is -2.49. The van der Waals surface area contributed by atoms with Crippen LogP contribution in [0.5, 0.6) is 0 Å². The molecule has 0 aliphatic heterocycles. The van der Waals surface area contributed by atoms with Gasteiger partial charge in [-0.2, -0.15) is 0 Å². The van der Waals surface area contributed by atoms with Crippen molar-refractivity contribution in [2.45, 2.75) is 27.2 Å². The van der Waals surface area contributed by atoms with Crippen molar-refractivity contribution in [2.24, 2.45) is 5.92 Å². The topological polar surface area (TPSA) is 29.1 Å². The van der Waals surface area contributed by atoms with Gasteiger partial charge >= 0.3 is 0 Å². The van der Waals surface area contributed by atoms with E-state index in [4.69, 9.17) is 0 Å². The monoisotopic (exact) mass is 187 g/mol. The van der Waals surface area contributed by atoms with Crippen LogP contribution in [0.3, 0.4) is 0 Å². The maximum Gasteiger partial charge on any atom is 0.227 e. The Morgan fingerprint density at radius 3 is 2.31 bits per heavy atom. The third-order valence-corrected chi connectivity index (χ3v) is 2.60. The van der Waals surface area contributed by atoms with E-state index >= 15 is 0 Å². The molecule has 1 amide bonds. The van der Waals surface area contributed by atoms with Crippen molar-refractivity contribution in [3.05, 3.63) is 0 Å². The quantitative estimate of drug-likeness (QED) is 0.508. The smallest absolute Gasteiger partial charge is 0.227 e. The Morgan fingerprint density at radius 2 is 1.92 bits per heavy atom. The van der Waals surface area contributed by atoms with Crippen LogP contribution in [-0.2, 0) is 4.79 Å². The van der Waals surface area contributed by atoms with Crippen molar-refractivity contribution in [1.29, 1.82) is 0 Å². The fourth-order valence-electron chi connectivity index (χ4n) is 0.763. The number of carbonyl (C=O) groups excluding carboxylic acids is 1. The molecule has 0 spiro atoms. The normalized spacial score (nSPS) is 13.9. The van der Waals surface area contributed by atoms with Crippen LogP contribution in [-0.4, -0.2) is 37.7 Å². The highest BCUT2D eigenvalue weighted by molar-refractivity contribution is 5.77. The molecule has 0 radical (unpaired) electrons. The third kappa shape index (κ3) is 4.88. The van der Waals surface area contributed by atoms with Crippen LogP contribution >= 0.6 is 0 Å². The van der Waals surface area contributed by atoms with Crippen LogP contribution in [0.4, 0.5) is 0 Å². The maximum absolute atomic E-state index is 11.4. The van der Waals surface area contributed by atoms with E-state index in [1.807, 2.05) is 13.8 Å². The Morgan fingerprint density at radius 1 is 1.38 bits per heavy atom. The number of rotatable bonds is 5. The molecule has 13 heavy (non-hydrogen) atoms. The summed E-state index contributed by atoms with van der Waals surface area (Å²) in [5, 5.41) is 2.96. The molecule has 1 atom stereocenters. The van der Waals surface area contributed by atoms with Crippen LogP contribution in [0.15, 0.2) is 0 Å². The van der Waals surface area contributed by atoms with Gasteiger partial charge < -0.3 is 9.80 Å². The van der Waals surface area contributed by atoms with E-state index < -0.39 is 0 Å². The number of amides is 1. The SMILES string of the molecule is CCC(C)C(=O)NC[N+](C)(C)CC. The molecule has 0 rings (SSSR count). The molecule has 0 bridgehead atoms. The van der Waals surface area contributed by atoms with Crippen LogP contribution in [0.2, 0.25) is 0 Å². The van der Waals surface area contributed by atoms with Crippen molar-refractivity contribution < 1.29 is 9.28 Å². The highest BCUT2D eigenvalue weighted by Crippen LogP contribution is 2.00. The summed E-state index contributed by atoms with van der Waals surface area (Å²) in [6.07, 6.45) is 0.908. The van der Waals surface area contributed by atoms with Gasteiger partial charge in [-0.15, -0.1) is 0 Å². The zero-order valence-corrected chi connectivity index (χ0v) is 9.55. The Kier molecular flexibility index (Phi) is 4.99. The van der Waals surface area contributed by atoms with Crippen molar-refractivity contribution in [3.63, 3.8) is 0 Å². The summed E-state index contributed by atoms with van der Waals surface area (Å²) in [6.45, 7) is 7.86. The third-order valence-electron chi connectivity index (χ3n) is 2.60. The largest absolute Gasteiger partial charge is 0.312 e. The molecule has 0 saturated carbocycles. The summed E-state index contributed by atoms with van der Waals surface area (Å²) >= 11 is 0. The number of nitrogens with one attached hydrogen (secondary N) is 1. The first-order valence-corrected chi connectivity index (χ1v) is 5.02. The Balaban J connectivity index is 3.83. The van der Waals surface area contributed by atoms with Gasteiger partial charge in [0.25, 0.3) is 0 Å². The summed E-state index contributed by atoms with van der Waals surface area (Å²) in [6, 6.07) is 0. The van der Waals surface area contributed by atoms with E-state index in [2.05, 4.69) is 26.3 Å². The second kappa shape index (κ2) is 5.22. The maximum atomic E-state index is 11.4. The summed E-state index contributed by atoms with van der Waals surface area (Å²) in [4.78, 5) is 11.4. The highest BCUT2D eigenvalue weighted by atomic mass is 16.2. The lowest BCUT2D eigenvalue weighted by atomic mass is 10.1. The number of hydrogen-bond donors (Lipinski definition) is 1. The van der Waals surface area contributed by atoms with Crippen LogP contribution < -0.4 is 5.32 Å². The Hall–Kier alpha value is -0.570. The van der Waals surface area contributed by atoms with E-state index in [1.165, 1.54) is 0 Å². The van der Waals surface area contributed by atoms with Crippen molar-refractivity contribution in [3.8, 4) is 0 Å². The summed E-state index contributed by atoms with van der Waals surface area (Å²) in [5.41, 5.74) is 0. The lowest BCUT2D eigenvalue weighted by molar-refractivity contribution is -0.890. The second-order valence-electron chi connectivity index (χ2n) is 4.26. The van der Waals surface area contributed by atoms with E-state index in [0.29, 0.717) is 0 Å². The lowest BCUT2D eigenvalue weighted by Gasteiger charge is -2.28. The first kappa shape index (κ1) is 12.4. The Bertz CT molecular complexity index is 166. The molecule has 1 N–H and O–H groups in total. The molecule has 0 aromatic carbocycles. The van der Waals surface area contributed by atoms with Gasteiger partial charge in [-0.1, -0.05) is 13.8 Å². The van der Waals surface area contributed by atoms with Crippen LogP contribution in [0, 0.1) is 5.92 Å². The molecular formula is C10H23N2O+. The van der Waals surface area contributed by atoms with Gasteiger partial charge in [-0.25, -0.2) is 0 Å². The van der Waals surface area contributed by atoms with E-state index in [9.17, 15) is 4.79 Å². The molecule has 0 aliphatic rings. The molecule has 3 heteroatoms. The summed E-state index contributed by atoms with van der Waals surface area (Å²) in [5.74, 6) is 0.305. The molecule has 0 aromatic rings. The summed E-state index contributed by atoms with van der Waals surface area (Å²) < 4.78 is 0.835. The predicted octanol–water partition coefficient (Wildman–Crippen LogP) is 1.20. The average molecular weight is 187 g/mol. The van der Waals surface area contributed by atoms with E-state index in [0.717, 1.165) is 24.1 Å². The minimum atomic E-state index is 0.136. The van der Waals surface area contributed by atoms with Crippen LogP contribution in [0.25, 0.3) is 0 Å². The number of nitrogens with zero attached hydrogens (tertiary/aromatic N) is 1. The fraction of sp³-hybridized carbons (Fsp3) is 0.900. The average Bonchev–Trinajstić information content (AvgIpc) is 2.13. The number of quaternary nitrogens is 1. The molecule has 0 heterocycles. The molecule has 0 saturated heterocycles. The van der Waals surface area contributed by atoms with Gasteiger partial charge in [0.2, 0.25) is 5.91 Å². The van der Waals surface area contributed by atoms with Gasteiger partial charge in [-0.3, -0.25) is 4.79 Å². The number of hydrogen-bond acceptors (Lipinski definition) is 1. The second-order valence-corrected chi connectivity index (χ2v) is 4.26.